The molecule has 0 unspecified atom stereocenters. The van der Waals surface area contributed by atoms with Gasteiger partial charge in [0, 0.05) is 11.8 Å². The minimum Gasteiger partial charge on any atom is -0.253 e. The van der Waals surface area contributed by atoms with Crippen molar-refractivity contribution < 1.29 is 0 Å². The first-order valence-electron chi connectivity index (χ1n) is 6.78. The lowest BCUT2D eigenvalue weighted by Gasteiger charge is -2.06. The van der Waals surface area contributed by atoms with Crippen molar-refractivity contribution >= 4 is 0 Å². The summed E-state index contributed by atoms with van der Waals surface area (Å²) in [6.45, 7) is 0. The predicted octanol–water partition coefficient (Wildman–Crippen LogP) is 4.16. The number of benzene rings is 2. The molecule has 3 rings (SSSR count). The van der Waals surface area contributed by atoms with E-state index in [9.17, 15) is 5.26 Å². The van der Waals surface area contributed by atoms with Gasteiger partial charge in [0.05, 0.1) is 16.8 Å². The van der Waals surface area contributed by atoms with Crippen LogP contribution in [0.15, 0.2) is 66.9 Å². The molecule has 3 heteroatoms. The molecule has 0 saturated carbocycles. The predicted molar refractivity (Wildman–Crippen MR) is 84.5 cm³/mol. The molecule has 22 heavy (non-hydrogen) atoms. The van der Waals surface area contributed by atoms with Gasteiger partial charge in [0.25, 0.3) is 0 Å². The molecule has 0 aliphatic rings. The van der Waals surface area contributed by atoms with Crippen molar-refractivity contribution in [2.45, 2.75) is 0 Å². The molecule has 0 saturated heterocycles. The van der Waals surface area contributed by atoms with Gasteiger partial charge in [0.15, 0.2) is 0 Å². The third kappa shape index (κ3) is 2.57. The summed E-state index contributed by atoms with van der Waals surface area (Å²) in [4.78, 5) is 4.25. The molecule has 0 atom stereocenters. The van der Waals surface area contributed by atoms with Crippen LogP contribution in [0.1, 0.15) is 11.1 Å². The highest BCUT2D eigenvalue weighted by Crippen LogP contribution is 2.25. The fourth-order valence-electron chi connectivity index (χ4n) is 2.29. The Hall–Kier alpha value is -3.43. The number of nitrogens with zero attached hydrogens (tertiary/aromatic N) is 3. The van der Waals surface area contributed by atoms with Crippen molar-refractivity contribution in [3.8, 4) is 34.5 Å². The molecule has 3 nitrogen and oxygen atoms in total. The summed E-state index contributed by atoms with van der Waals surface area (Å²) in [6.07, 6.45) is 1.49. The van der Waals surface area contributed by atoms with E-state index in [4.69, 9.17) is 5.26 Å². The Morgan fingerprint density at radius 2 is 1.36 bits per heavy atom. The van der Waals surface area contributed by atoms with Gasteiger partial charge in [-0.15, -0.1) is 0 Å². The number of aromatic nitrogens is 1. The summed E-state index contributed by atoms with van der Waals surface area (Å²) in [5.41, 5.74) is 4.51. The summed E-state index contributed by atoms with van der Waals surface area (Å²) in [5.74, 6) is 0. The van der Waals surface area contributed by atoms with E-state index < -0.39 is 0 Å². The maximum Gasteiger partial charge on any atom is 0.101 e. The summed E-state index contributed by atoms with van der Waals surface area (Å²) in [6, 6.07) is 23.6. The smallest absolute Gasteiger partial charge is 0.101 e. The third-order valence-electron chi connectivity index (χ3n) is 3.40. The summed E-state index contributed by atoms with van der Waals surface area (Å²) < 4.78 is 0. The van der Waals surface area contributed by atoms with Gasteiger partial charge in [-0.1, -0.05) is 54.6 Å². The van der Waals surface area contributed by atoms with E-state index in [0.717, 1.165) is 16.7 Å². The topological polar surface area (TPSA) is 60.5 Å². The molecule has 0 aliphatic heterocycles. The van der Waals surface area contributed by atoms with Gasteiger partial charge in [-0.3, -0.25) is 4.98 Å². The van der Waals surface area contributed by atoms with Crippen molar-refractivity contribution in [2.24, 2.45) is 0 Å². The number of hydrogen-bond donors (Lipinski definition) is 0. The van der Waals surface area contributed by atoms with Gasteiger partial charge >= 0.3 is 0 Å². The molecule has 0 N–H and O–H groups in total. The Morgan fingerprint density at radius 1 is 0.727 bits per heavy atom. The van der Waals surface area contributed by atoms with E-state index in [-0.39, 0.29) is 0 Å². The third-order valence-corrected chi connectivity index (χ3v) is 3.40. The molecule has 0 aliphatic carbocycles. The van der Waals surface area contributed by atoms with E-state index in [1.54, 1.807) is 6.07 Å². The second kappa shape index (κ2) is 5.91. The maximum absolute atomic E-state index is 9.23. The van der Waals surface area contributed by atoms with Crippen LogP contribution in [0.3, 0.4) is 0 Å². The number of hydrogen-bond acceptors (Lipinski definition) is 3. The Balaban J connectivity index is 2.01. The molecule has 102 valence electrons. The zero-order chi connectivity index (χ0) is 15.4. The SMILES string of the molecule is N#Cc1cnc(-c2ccc(-c3ccccc3)cc2)c(C#N)c1. The first kappa shape index (κ1) is 13.5. The Labute approximate surface area is 128 Å². The number of nitriles is 2. The minimum absolute atomic E-state index is 0.390. The molecule has 1 heterocycles. The fraction of sp³-hybridized carbons (Fsp3) is 0. The lowest BCUT2D eigenvalue weighted by Crippen LogP contribution is -1.91. The van der Waals surface area contributed by atoms with Crippen LogP contribution in [0.4, 0.5) is 0 Å². The summed E-state index contributed by atoms with van der Waals surface area (Å²) in [7, 11) is 0. The average Bonchev–Trinajstić information content (AvgIpc) is 2.62. The monoisotopic (exact) mass is 281 g/mol. The standard InChI is InChI=1S/C19H11N3/c20-11-14-10-18(12-21)19(22-13-14)17-8-6-16(7-9-17)15-4-2-1-3-5-15/h1-10,13H. The maximum atomic E-state index is 9.23. The molecule has 0 amide bonds. The fourth-order valence-corrected chi connectivity index (χ4v) is 2.29. The lowest BCUT2D eigenvalue weighted by atomic mass is 10.0. The first-order valence-corrected chi connectivity index (χ1v) is 6.78. The van der Waals surface area contributed by atoms with Crippen LogP contribution in [-0.4, -0.2) is 4.98 Å². The highest BCUT2D eigenvalue weighted by atomic mass is 14.7. The Morgan fingerprint density at radius 3 is 2.00 bits per heavy atom. The zero-order valence-corrected chi connectivity index (χ0v) is 11.7. The molecular weight excluding hydrogens is 270 g/mol. The molecule has 2 aromatic carbocycles. The van der Waals surface area contributed by atoms with E-state index in [1.165, 1.54) is 6.20 Å². The van der Waals surface area contributed by atoms with Crippen LogP contribution in [-0.2, 0) is 0 Å². The molecule has 3 aromatic rings. The van der Waals surface area contributed by atoms with Crippen LogP contribution in [0.2, 0.25) is 0 Å². The van der Waals surface area contributed by atoms with Gasteiger partial charge in [-0.05, 0) is 17.2 Å². The normalized spacial score (nSPS) is 9.73. The summed E-state index contributed by atoms with van der Waals surface area (Å²) in [5, 5.41) is 18.1. The molecule has 0 spiro atoms. The van der Waals surface area contributed by atoms with Crippen molar-refractivity contribution in [3.63, 3.8) is 0 Å². The van der Waals surface area contributed by atoms with E-state index >= 15 is 0 Å². The van der Waals surface area contributed by atoms with Crippen molar-refractivity contribution in [1.29, 1.82) is 10.5 Å². The number of pyridine rings is 1. The second-order valence-corrected chi connectivity index (χ2v) is 4.79. The highest BCUT2D eigenvalue weighted by molar-refractivity contribution is 5.72. The molecule has 0 fully saturated rings. The van der Waals surface area contributed by atoms with E-state index in [0.29, 0.717) is 16.8 Å². The minimum atomic E-state index is 0.390. The van der Waals surface area contributed by atoms with E-state index in [1.807, 2.05) is 48.5 Å². The molecule has 0 radical (unpaired) electrons. The Bertz CT molecular complexity index is 883. The lowest BCUT2D eigenvalue weighted by molar-refractivity contribution is 1.28. The van der Waals surface area contributed by atoms with Crippen LogP contribution >= 0.6 is 0 Å². The second-order valence-electron chi connectivity index (χ2n) is 4.79. The van der Waals surface area contributed by atoms with Gasteiger partial charge in [0.1, 0.15) is 12.1 Å². The van der Waals surface area contributed by atoms with Crippen molar-refractivity contribution in [2.75, 3.05) is 0 Å². The first-order chi connectivity index (χ1) is 10.8. The van der Waals surface area contributed by atoms with Gasteiger partial charge in [0.2, 0.25) is 0 Å². The van der Waals surface area contributed by atoms with Crippen molar-refractivity contribution in [3.05, 3.63) is 78.0 Å². The largest absolute Gasteiger partial charge is 0.253 e. The molecule has 0 bridgehead atoms. The highest BCUT2D eigenvalue weighted by Gasteiger charge is 2.08. The van der Waals surface area contributed by atoms with Crippen LogP contribution in [0.25, 0.3) is 22.4 Å². The van der Waals surface area contributed by atoms with Gasteiger partial charge < -0.3 is 0 Å². The molecule has 1 aromatic heterocycles. The average molecular weight is 281 g/mol. The number of rotatable bonds is 2. The van der Waals surface area contributed by atoms with Gasteiger partial charge in [-0.2, -0.15) is 10.5 Å². The van der Waals surface area contributed by atoms with Crippen molar-refractivity contribution in [1.82, 2.24) is 4.98 Å². The van der Waals surface area contributed by atoms with Crippen LogP contribution in [0.5, 0.6) is 0 Å². The quantitative estimate of drug-likeness (QED) is 0.708. The Kier molecular flexibility index (Phi) is 3.64. The molecular formula is C19H11N3. The summed E-state index contributed by atoms with van der Waals surface area (Å²) >= 11 is 0. The zero-order valence-electron chi connectivity index (χ0n) is 11.7. The van der Waals surface area contributed by atoms with E-state index in [2.05, 4.69) is 23.2 Å². The van der Waals surface area contributed by atoms with Crippen LogP contribution < -0.4 is 0 Å². The van der Waals surface area contributed by atoms with Gasteiger partial charge in [-0.25, -0.2) is 0 Å². The van der Waals surface area contributed by atoms with Crippen LogP contribution in [0, 0.1) is 22.7 Å².